The maximum atomic E-state index is 5.66. The van der Waals surface area contributed by atoms with Crippen LogP contribution in [0.5, 0.6) is 5.75 Å². The van der Waals surface area contributed by atoms with E-state index in [1.807, 2.05) is 18.2 Å². The van der Waals surface area contributed by atoms with Crippen LogP contribution in [-0.2, 0) is 6.54 Å². The summed E-state index contributed by atoms with van der Waals surface area (Å²) in [7, 11) is 1.70. The van der Waals surface area contributed by atoms with E-state index in [1.165, 1.54) is 31.5 Å². The van der Waals surface area contributed by atoms with Crippen molar-refractivity contribution in [3.63, 3.8) is 0 Å². The van der Waals surface area contributed by atoms with Gasteiger partial charge in [-0.1, -0.05) is 12.2 Å². The minimum Gasteiger partial charge on any atom is -0.496 e. The number of hydrogen-bond acceptors (Lipinski definition) is 3. The summed E-state index contributed by atoms with van der Waals surface area (Å²) in [6.45, 7) is 3.25. The summed E-state index contributed by atoms with van der Waals surface area (Å²) in [5.41, 5.74) is 7.74. The van der Waals surface area contributed by atoms with E-state index in [0.29, 0.717) is 4.99 Å². The molecular formula is C13H18N2OS. The first-order chi connectivity index (χ1) is 8.20. The molecule has 92 valence electrons. The summed E-state index contributed by atoms with van der Waals surface area (Å²) in [5, 5.41) is 0. The first-order valence-corrected chi connectivity index (χ1v) is 6.30. The molecular weight excluding hydrogens is 232 g/mol. The Bertz CT molecular complexity index is 414. The predicted octanol–water partition coefficient (Wildman–Crippen LogP) is 1.93. The van der Waals surface area contributed by atoms with Gasteiger partial charge in [-0.2, -0.15) is 0 Å². The van der Waals surface area contributed by atoms with Crippen LogP contribution in [0.25, 0.3) is 0 Å². The summed E-state index contributed by atoms with van der Waals surface area (Å²) in [6, 6.07) is 5.90. The van der Waals surface area contributed by atoms with E-state index in [0.717, 1.165) is 17.9 Å². The van der Waals surface area contributed by atoms with Crippen molar-refractivity contribution >= 4 is 17.2 Å². The van der Waals surface area contributed by atoms with Gasteiger partial charge >= 0.3 is 0 Å². The van der Waals surface area contributed by atoms with Gasteiger partial charge in [-0.05, 0) is 44.1 Å². The molecule has 1 heterocycles. The van der Waals surface area contributed by atoms with Crippen molar-refractivity contribution in [1.29, 1.82) is 0 Å². The van der Waals surface area contributed by atoms with E-state index in [2.05, 4.69) is 4.90 Å². The van der Waals surface area contributed by atoms with Crippen molar-refractivity contribution in [2.24, 2.45) is 5.73 Å². The zero-order chi connectivity index (χ0) is 12.3. The normalized spacial score (nSPS) is 16.1. The number of benzene rings is 1. The predicted molar refractivity (Wildman–Crippen MR) is 73.4 cm³/mol. The topological polar surface area (TPSA) is 38.5 Å². The highest BCUT2D eigenvalue weighted by atomic mass is 32.1. The highest BCUT2D eigenvalue weighted by Gasteiger charge is 2.14. The van der Waals surface area contributed by atoms with E-state index < -0.39 is 0 Å². The Morgan fingerprint density at radius 1 is 1.41 bits per heavy atom. The van der Waals surface area contributed by atoms with Gasteiger partial charge in [0.15, 0.2) is 0 Å². The van der Waals surface area contributed by atoms with Gasteiger partial charge in [0.2, 0.25) is 0 Å². The molecule has 2 N–H and O–H groups in total. The third-order valence-electron chi connectivity index (χ3n) is 3.16. The summed E-state index contributed by atoms with van der Waals surface area (Å²) < 4.78 is 5.38. The lowest BCUT2D eigenvalue weighted by Gasteiger charge is -2.17. The molecule has 1 saturated heterocycles. The van der Waals surface area contributed by atoms with Gasteiger partial charge in [0.1, 0.15) is 10.7 Å². The molecule has 4 heteroatoms. The molecule has 0 spiro atoms. The van der Waals surface area contributed by atoms with Crippen molar-refractivity contribution in [3.05, 3.63) is 29.3 Å². The van der Waals surface area contributed by atoms with Gasteiger partial charge in [0, 0.05) is 17.7 Å². The zero-order valence-electron chi connectivity index (χ0n) is 10.1. The standard InChI is InChI=1S/C13H18N2OS/c1-16-12-5-4-10(13(14)17)8-11(12)9-15-6-2-3-7-15/h4-5,8H,2-3,6-7,9H2,1H3,(H2,14,17). The molecule has 0 atom stereocenters. The second-order valence-electron chi connectivity index (χ2n) is 4.37. The molecule has 1 aliphatic heterocycles. The minimum atomic E-state index is 0.440. The van der Waals surface area contributed by atoms with Crippen LogP contribution >= 0.6 is 12.2 Å². The summed E-state index contributed by atoms with van der Waals surface area (Å²) >= 11 is 5.01. The Kier molecular flexibility index (Phi) is 3.97. The van der Waals surface area contributed by atoms with Crippen LogP contribution in [0.2, 0.25) is 0 Å². The van der Waals surface area contributed by atoms with E-state index in [9.17, 15) is 0 Å². The Balaban J connectivity index is 2.21. The van der Waals surface area contributed by atoms with E-state index in [1.54, 1.807) is 7.11 Å². The van der Waals surface area contributed by atoms with E-state index in [-0.39, 0.29) is 0 Å². The Morgan fingerprint density at radius 3 is 2.71 bits per heavy atom. The van der Waals surface area contributed by atoms with Gasteiger partial charge in [-0.25, -0.2) is 0 Å². The first-order valence-electron chi connectivity index (χ1n) is 5.90. The summed E-state index contributed by atoms with van der Waals surface area (Å²) in [6.07, 6.45) is 2.58. The minimum absolute atomic E-state index is 0.440. The van der Waals surface area contributed by atoms with Gasteiger partial charge in [-0.3, -0.25) is 4.90 Å². The molecule has 1 fully saturated rings. The fourth-order valence-corrected chi connectivity index (χ4v) is 2.36. The molecule has 0 aromatic heterocycles. The Labute approximate surface area is 108 Å². The number of nitrogens with zero attached hydrogens (tertiary/aromatic N) is 1. The smallest absolute Gasteiger partial charge is 0.123 e. The average molecular weight is 250 g/mol. The maximum absolute atomic E-state index is 5.66. The van der Waals surface area contributed by atoms with E-state index in [4.69, 9.17) is 22.7 Å². The largest absolute Gasteiger partial charge is 0.496 e. The van der Waals surface area contributed by atoms with Crippen molar-refractivity contribution < 1.29 is 4.74 Å². The third kappa shape index (κ3) is 2.96. The molecule has 1 aliphatic rings. The molecule has 0 radical (unpaired) electrons. The van der Waals surface area contributed by atoms with Crippen LogP contribution in [0.4, 0.5) is 0 Å². The maximum Gasteiger partial charge on any atom is 0.123 e. The van der Waals surface area contributed by atoms with Crippen LogP contribution in [0.3, 0.4) is 0 Å². The summed E-state index contributed by atoms with van der Waals surface area (Å²) in [5.74, 6) is 0.914. The molecule has 0 bridgehead atoms. The second-order valence-corrected chi connectivity index (χ2v) is 4.81. The monoisotopic (exact) mass is 250 g/mol. The third-order valence-corrected chi connectivity index (χ3v) is 3.39. The van der Waals surface area contributed by atoms with Crippen molar-refractivity contribution in [2.75, 3.05) is 20.2 Å². The van der Waals surface area contributed by atoms with Gasteiger partial charge in [0.25, 0.3) is 0 Å². The van der Waals surface area contributed by atoms with Crippen molar-refractivity contribution in [3.8, 4) is 5.75 Å². The molecule has 1 aromatic carbocycles. The van der Waals surface area contributed by atoms with Crippen LogP contribution in [0.15, 0.2) is 18.2 Å². The molecule has 0 unspecified atom stereocenters. The lowest BCUT2D eigenvalue weighted by molar-refractivity contribution is 0.321. The van der Waals surface area contributed by atoms with Crippen molar-refractivity contribution in [2.45, 2.75) is 19.4 Å². The number of nitrogens with two attached hydrogens (primary N) is 1. The van der Waals surface area contributed by atoms with Gasteiger partial charge in [-0.15, -0.1) is 0 Å². The molecule has 17 heavy (non-hydrogen) atoms. The number of thiocarbonyl (C=S) groups is 1. The number of likely N-dealkylation sites (tertiary alicyclic amines) is 1. The highest BCUT2D eigenvalue weighted by Crippen LogP contribution is 2.23. The quantitative estimate of drug-likeness (QED) is 0.829. The van der Waals surface area contributed by atoms with Crippen LogP contribution in [0, 0.1) is 0 Å². The van der Waals surface area contributed by atoms with Crippen LogP contribution in [-0.4, -0.2) is 30.1 Å². The fraction of sp³-hybridized carbons (Fsp3) is 0.462. The molecule has 0 saturated carbocycles. The Morgan fingerprint density at radius 2 is 2.12 bits per heavy atom. The molecule has 3 nitrogen and oxygen atoms in total. The molecule has 1 aromatic rings. The molecule has 2 rings (SSSR count). The summed E-state index contributed by atoms with van der Waals surface area (Å²) in [4.78, 5) is 2.87. The van der Waals surface area contributed by atoms with Gasteiger partial charge in [0.05, 0.1) is 7.11 Å². The Hall–Kier alpha value is -1.13. The number of methoxy groups -OCH3 is 1. The second kappa shape index (κ2) is 5.47. The highest BCUT2D eigenvalue weighted by molar-refractivity contribution is 7.80. The molecule has 0 aliphatic carbocycles. The molecule has 0 amide bonds. The van der Waals surface area contributed by atoms with Crippen molar-refractivity contribution in [1.82, 2.24) is 4.90 Å². The first kappa shape index (κ1) is 12.3. The van der Waals surface area contributed by atoms with Crippen LogP contribution < -0.4 is 10.5 Å². The number of rotatable bonds is 4. The average Bonchev–Trinajstić information content (AvgIpc) is 2.81. The number of hydrogen-bond donors (Lipinski definition) is 1. The lowest BCUT2D eigenvalue weighted by atomic mass is 10.1. The lowest BCUT2D eigenvalue weighted by Crippen LogP contribution is -2.19. The van der Waals surface area contributed by atoms with Crippen LogP contribution in [0.1, 0.15) is 24.0 Å². The fourth-order valence-electron chi connectivity index (χ4n) is 2.24. The number of ether oxygens (including phenoxy) is 1. The van der Waals surface area contributed by atoms with Gasteiger partial charge < -0.3 is 10.5 Å². The van der Waals surface area contributed by atoms with E-state index >= 15 is 0 Å². The zero-order valence-corrected chi connectivity index (χ0v) is 10.9. The SMILES string of the molecule is COc1ccc(C(N)=S)cc1CN1CCCC1.